The zero-order valence-electron chi connectivity index (χ0n) is 18.9. The van der Waals surface area contributed by atoms with E-state index in [1.807, 2.05) is 12.1 Å². The number of halogens is 1. The van der Waals surface area contributed by atoms with Crippen molar-refractivity contribution in [3.8, 4) is 0 Å². The second kappa shape index (κ2) is 12.0. The normalized spacial score (nSPS) is 12.1. The van der Waals surface area contributed by atoms with Crippen LogP contribution in [0.5, 0.6) is 0 Å². The molecule has 0 spiro atoms. The Hall–Kier alpha value is -3.13. The maximum absolute atomic E-state index is 12.8. The zero-order valence-corrected chi connectivity index (χ0v) is 21.9. The Labute approximate surface area is 216 Å². The minimum Gasteiger partial charge on any atom is -0.465 e. The first-order valence-electron chi connectivity index (χ1n) is 10.6. The summed E-state index contributed by atoms with van der Waals surface area (Å²) < 4.78 is 43.6. The smallest absolute Gasteiger partial charge is 0.322 e. The zero-order chi connectivity index (χ0) is 25.4. The van der Waals surface area contributed by atoms with Gasteiger partial charge in [-0.15, -0.1) is 0 Å². The average Bonchev–Trinajstić information content (AvgIpc) is 3.32. The number of anilines is 2. The van der Waals surface area contributed by atoms with Crippen LogP contribution in [0.1, 0.15) is 25.5 Å². The summed E-state index contributed by atoms with van der Waals surface area (Å²) in [5, 5.41) is 3.17. The van der Waals surface area contributed by atoms with E-state index in [0.29, 0.717) is 11.3 Å². The van der Waals surface area contributed by atoms with Crippen molar-refractivity contribution in [1.82, 2.24) is 4.98 Å². The number of benzene rings is 2. The van der Waals surface area contributed by atoms with Crippen LogP contribution in [0.4, 0.5) is 11.7 Å². The molecule has 0 amide bonds. The molecule has 0 aliphatic rings. The van der Waals surface area contributed by atoms with Gasteiger partial charge in [-0.25, -0.2) is 18.1 Å². The highest BCUT2D eigenvalue weighted by Crippen LogP contribution is 2.30. The summed E-state index contributed by atoms with van der Waals surface area (Å²) in [6.45, 7) is 3.49. The van der Waals surface area contributed by atoms with E-state index in [4.69, 9.17) is 13.9 Å². The molecule has 3 rings (SSSR count). The lowest BCUT2D eigenvalue weighted by Crippen LogP contribution is -2.36. The Morgan fingerprint density at radius 1 is 1.00 bits per heavy atom. The first-order chi connectivity index (χ1) is 16.7. The fourth-order valence-corrected chi connectivity index (χ4v) is 4.52. The molecular weight excluding hydrogens is 589 g/mol. The van der Waals surface area contributed by atoms with Gasteiger partial charge < -0.3 is 19.2 Å². The van der Waals surface area contributed by atoms with E-state index < -0.39 is 33.9 Å². The second-order valence-electron chi connectivity index (χ2n) is 7.12. The molecule has 0 aliphatic heterocycles. The van der Waals surface area contributed by atoms with Crippen molar-refractivity contribution in [2.75, 3.05) is 23.3 Å². The van der Waals surface area contributed by atoms with E-state index in [0.717, 1.165) is 3.57 Å². The van der Waals surface area contributed by atoms with E-state index >= 15 is 0 Å². The molecule has 0 fully saturated rings. The number of hydrogen-bond donors (Lipinski definition) is 2. The van der Waals surface area contributed by atoms with E-state index in [9.17, 15) is 18.0 Å². The summed E-state index contributed by atoms with van der Waals surface area (Å²) in [5.74, 6) is -2.74. The number of sulfonamides is 1. The van der Waals surface area contributed by atoms with Gasteiger partial charge >= 0.3 is 18.0 Å². The molecule has 0 bridgehead atoms. The third-order valence-electron chi connectivity index (χ3n) is 4.78. The molecule has 0 saturated carbocycles. The predicted octanol–water partition coefficient (Wildman–Crippen LogP) is 3.98. The summed E-state index contributed by atoms with van der Waals surface area (Å²) in [7, 11) is -3.93. The third-order valence-corrected chi connectivity index (χ3v) is 6.84. The minimum absolute atomic E-state index is 0.0283. The van der Waals surface area contributed by atoms with Crippen LogP contribution in [0.3, 0.4) is 0 Å². The number of carbonyl (C=O) groups is 2. The molecule has 1 unspecified atom stereocenters. The summed E-state index contributed by atoms with van der Waals surface area (Å²) in [6.07, 6.45) is 2.57. The number of nitrogens with one attached hydrogen (secondary N) is 2. The average molecular weight is 613 g/mol. The van der Waals surface area contributed by atoms with Crippen LogP contribution in [0.15, 0.2) is 70.3 Å². The molecule has 0 radical (unpaired) electrons. The molecule has 12 heteroatoms. The third kappa shape index (κ3) is 6.94. The number of nitrogens with zero attached hydrogens (tertiary/aromatic N) is 1. The van der Waals surface area contributed by atoms with Crippen LogP contribution in [-0.4, -0.2) is 38.6 Å². The molecule has 2 aromatic carbocycles. The molecule has 3 aromatic rings. The van der Waals surface area contributed by atoms with Crippen molar-refractivity contribution in [3.63, 3.8) is 0 Å². The highest BCUT2D eigenvalue weighted by atomic mass is 127. The number of hydrogen-bond acceptors (Lipinski definition) is 9. The highest BCUT2D eigenvalue weighted by Gasteiger charge is 2.38. The van der Waals surface area contributed by atoms with Gasteiger partial charge in [-0.1, -0.05) is 12.1 Å². The highest BCUT2D eigenvalue weighted by molar-refractivity contribution is 14.1. The Morgan fingerprint density at radius 3 is 2.11 bits per heavy atom. The Balaban J connectivity index is 1.93. The van der Waals surface area contributed by atoms with Crippen molar-refractivity contribution in [2.45, 2.75) is 24.8 Å². The maximum atomic E-state index is 12.8. The lowest BCUT2D eigenvalue weighted by atomic mass is 9.92. The monoisotopic (exact) mass is 613 g/mol. The van der Waals surface area contributed by atoms with Crippen LogP contribution in [0, 0.1) is 9.49 Å². The van der Waals surface area contributed by atoms with Gasteiger partial charge in [-0.2, -0.15) is 0 Å². The molecule has 1 heterocycles. The molecule has 0 saturated heterocycles. The minimum atomic E-state index is -3.93. The molecule has 1 atom stereocenters. The Morgan fingerprint density at radius 2 is 1.60 bits per heavy atom. The lowest BCUT2D eigenvalue weighted by molar-refractivity contribution is -0.162. The van der Waals surface area contributed by atoms with E-state index in [2.05, 4.69) is 37.6 Å². The van der Waals surface area contributed by atoms with Crippen molar-refractivity contribution in [2.24, 2.45) is 5.92 Å². The van der Waals surface area contributed by atoms with Gasteiger partial charge in [-0.3, -0.25) is 9.59 Å². The quantitative estimate of drug-likeness (QED) is 0.187. The molecule has 1 aromatic heterocycles. The molecule has 2 N–H and O–H groups in total. The SMILES string of the molecule is CCOC(=O)C(C(=O)OCC)C(Nc1ccc(S(=O)(=O)Nc2ncco2)cc1)c1ccc(I)cc1. The van der Waals surface area contributed by atoms with E-state index in [1.54, 1.807) is 26.0 Å². The summed E-state index contributed by atoms with van der Waals surface area (Å²) >= 11 is 2.16. The number of carbonyl (C=O) groups excluding carboxylic acids is 2. The van der Waals surface area contributed by atoms with Crippen LogP contribution >= 0.6 is 22.6 Å². The second-order valence-corrected chi connectivity index (χ2v) is 10.1. The summed E-state index contributed by atoms with van der Waals surface area (Å²) in [6, 6.07) is 12.1. The topological polar surface area (TPSA) is 137 Å². The number of ether oxygens (including phenoxy) is 2. The van der Waals surface area contributed by atoms with Crippen LogP contribution < -0.4 is 10.0 Å². The molecule has 186 valence electrons. The Bertz CT molecular complexity index is 1210. The maximum Gasteiger partial charge on any atom is 0.322 e. The largest absolute Gasteiger partial charge is 0.465 e. The van der Waals surface area contributed by atoms with Crippen LogP contribution in [0.25, 0.3) is 0 Å². The van der Waals surface area contributed by atoms with Crippen molar-refractivity contribution in [1.29, 1.82) is 0 Å². The van der Waals surface area contributed by atoms with Crippen molar-refractivity contribution in [3.05, 3.63) is 70.1 Å². The van der Waals surface area contributed by atoms with E-state index in [-0.39, 0.29) is 24.1 Å². The van der Waals surface area contributed by atoms with Gasteiger partial charge in [0.1, 0.15) is 6.26 Å². The molecule has 35 heavy (non-hydrogen) atoms. The fraction of sp³-hybridized carbons (Fsp3) is 0.261. The fourth-order valence-electron chi connectivity index (χ4n) is 3.22. The van der Waals surface area contributed by atoms with Gasteiger partial charge in [0, 0.05) is 9.26 Å². The standard InChI is InChI=1S/C23H24IN3O7S/c1-3-32-21(28)19(22(29)33-4-2)20(15-5-7-16(24)8-6-15)26-17-9-11-18(12-10-17)35(30,31)27-23-25-13-14-34-23/h5-14,19-20,26H,3-4H2,1-2H3,(H,25,27). The van der Waals surface area contributed by atoms with Gasteiger partial charge in [0.05, 0.1) is 30.3 Å². The van der Waals surface area contributed by atoms with Gasteiger partial charge in [0.15, 0.2) is 5.92 Å². The van der Waals surface area contributed by atoms with Crippen LogP contribution in [0.2, 0.25) is 0 Å². The molecular formula is C23H24IN3O7S. The number of rotatable bonds is 11. The predicted molar refractivity (Wildman–Crippen MR) is 136 cm³/mol. The van der Waals surface area contributed by atoms with Gasteiger partial charge in [0.2, 0.25) is 0 Å². The first kappa shape index (κ1) is 26.5. The van der Waals surface area contributed by atoms with E-state index in [1.165, 1.54) is 36.7 Å². The molecule has 0 aliphatic carbocycles. The van der Waals surface area contributed by atoms with Gasteiger partial charge in [0.25, 0.3) is 10.0 Å². The van der Waals surface area contributed by atoms with Crippen molar-refractivity contribution < 1.29 is 31.9 Å². The number of aromatic nitrogens is 1. The number of oxazole rings is 1. The summed E-state index contributed by atoms with van der Waals surface area (Å²) in [4.78, 5) is 29.3. The first-order valence-corrected chi connectivity index (χ1v) is 13.2. The summed E-state index contributed by atoms with van der Waals surface area (Å²) in [5.41, 5.74) is 1.13. The number of esters is 2. The molecule has 10 nitrogen and oxygen atoms in total. The van der Waals surface area contributed by atoms with Gasteiger partial charge in [-0.05, 0) is 78.4 Å². The van der Waals surface area contributed by atoms with Crippen molar-refractivity contribution >= 4 is 56.3 Å². The Kier molecular flexibility index (Phi) is 9.09. The van der Waals surface area contributed by atoms with Crippen LogP contribution in [-0.2, 0) is 29.1 Å². The lowest BCUT2D eigenvalue weighted by Gasteiger charge is -2.26.